The van der Waals surface area contributed by atoms with Crippen molar-refractivity contribution >= 4 is 46.1 Å². The third-order valence-corrected chi connectivity index (χ3v) is 2.79. The van der Waals surface area contributed by atoms with E-state index in [9.17, 15) is 4.79 Å². The molecule has 5 N–H and O–H groups in total. The van der Waals surface area contributed by atoms with Crippen LogP contribution in [0.3, 0.4) is 0 Å². The third-order valence-electron chi connectivity index (χ3n) is 1.86. The minimum absolute atomic E-state index is 0. The summed E-state index contributed by atoms with van der Waals surface area (Å²) in [4.78, 5) is 16.9. The Morgan fingerprint density at radius 2 is 2.19 bits per heavy atom. The molecule has 1 rings (SSSR count). The minimum atomic E-state index is -0.166. The number of aromatic nitrogens is 2. The van der Waals surface area contributed by atoms with Crippen molar-refractivity contribution in [3.8, 4) is 0 Å². The first-order valence-corrected chi connectivity index (χ1v) is 5.69. The molecule has 0 atom stereocenters. The van der Waals surface area contributed by atoms with Gasteiger partial charge in [0.25, 0.3) is 5.56 Å². The molecule has 1 aromatic rings. The molecule has 0 saturated heterocycles. The Morgan fingerprint density at radius 3 is 2.69 bits per heavy atom. The minimum Gasteiger partial charge on any atom is -0.379 e. The van der Waals surface area contributed by atoms with E-state index in [4.69, 9.17) is 23.4 Å². The van der Waals surface area contributed by atoms with E-state index >= 15 is 0 Å². The molecule has 0 bridgehead atoms. The summed E-state index contributed by atoms with van der Waals surface area (Å²) in [6.45, 7) is 1.80. The number of amidine groups is 1. The molecule has 0 unspecified atom stereocenters. The summed E-state index contributed by atoms with van der Waals surface area (Å²) in [6, 6.07) is 0. The van der Waals surface area contributed by atoms with Gasteiger partial charge in [-0.2, -0.15) is 0 Å². The van der Waals surface area contributed by atoms with Crippen LogP contribution in [0, 0.1) is 17.1 Å². The summed E-state index contributed by atoms with van der Waals surface area (Å²) in [5, 5.41) is 7.09. The van der Waals surface area contributed by atoms with Crippen LogP contribution in [-0.2, 0) is 6.42 Å². The average Bonchev–Trinajstić information content (AvgIpc) is 2.08. The fourth-order valence-electron chi connectivity index (χ4n) is 1.19. The summed E-state index contributed by atoms with van der Waals surface area (Å²) in [5.41, 5.74) is 6.46. The van der Waals surface area contributed by atoms with E-state index in [2.05, 4.69) is 9.97 Å². The van der Waals surface area contributed by atoms with Crippen molar-refractivity contribution in [3.05, 3.63) is 26.4 Å². The molecule has 0 spiro atoms. The fourth-order valence-corrected chi connectivity index (χ4v) is 1.96. The molecule has 0 aliphatic carbocycles. The Hall–Kier alpha value is -0.600. The topological polar surface area (TPSA) is 98.5 Å². The first-order chi connectivity index (χ1) is 7.00. The maximum atomic E-state index is 11.5. The number of aryl methyl sites for hydroxylation is 1. The highest BCUT2D eigenvalue weighted by Crippen LogP contribution is 2.05. The van der Waals surface area contributed by atoms with E-state index in [1.165, 1.54) is 11.8 Å². The van der Waals surface area contributed by atoms with Gasteiger partial charge in [-0.15, -0.1) is 17.0 Å². The van der Waals surface area contributed by atoms with E-state index in [1.54, 1.807) is 6.92 Å². The zero-order valence-corrected chi connectivity index (χ0v) is 12.0. The van der Waals surface area contributed by atoms with Gasteiger partial charge in [-0.05, 0) is 25.6 Å². The van der Waals surface area contributed by atoms with Gasteiger partial charge in [-0.3, -0.25) is 15.2 Å². The number of halogens is 1. The normalized spacial score (nSPS) is 9.56. The van der Waals surface area contributed by atoms with E-state index in [0.717, 1.165) is 5.69 Å². The second-order valence-electron chi connectivity index (χ2n) is 2.97. The lowest BCUT2D eigenvalue weighted by Crippen LogP contribution is -2.17. The molecule has 16 heavy (non-hydrogen) atoms. The summed E-state index contributed by atoms with van der Waals surface area (Å²) in [7, 11) is 0. The van der Waals surface area contributed by atoms with Gasteiger partial charge in [0.2, 0.25) is 0 Å². The second kappa shape index (κ2) is 6.87. The maximum Gasteiger partial charge on any atom is 0.255 e. The lowest BCUT2D eigenvalue weighted by Gasteiger charge is -2.03. The van der Waals surface area contributed by atoms with Crippen LogP contribution in [0.4, 0.5) is 0 Å². The molecule has 1 aromatic heterocycles. The molecular weight excluding hydrogens is 312 g/mol. The van der Waals surface area contributed by atoms with E-state index < -0.39 is 0 Å². The fraction of sp³-hybridized carbons (Fsp3) is 0.375. The highest BCUT2D eigenvalue weighted by Gasteiger charge is 2.04. The Balaban J connectivity index is 0.00000225. The summed E-state index contributed by atoms with van der Waals surface area (Å²) < 4.78 is 0.334. The van der Waals surface area contributed by atoms with Gasteiger partial charge in [0.1, 0.15) is 0 Å². The number of hydrogen-bond donors (Lipinski definition) is 4. The van der Waals surface area contributed by atoms with Crippen LogP contribution in [0.5, 0.6) is 0 Å². The van der Waals surface area contributed by atoms with Crippen molar-refractivity contribution < 1.29 is 0 Å². The standard InChI is InChI=1S/C8H12N4OS2.BrH/c1-4-5(2-3-15-7(9)10)6(13)12-8(14)11-4;/h2-3H2,1H3,(H3,9,10)(H2,11,12,13,14);1H. The number of hydrogen-bond acceptors (Lipinski definition) is 4. The van der Waals surface area contributed by atoms with Gasteiger partial charge < -0.3 is 10.7 Å². The van der Waals surface area contributed by atoms with Crippen molar-refractivity contribution in [1.82, 2.24) is 9.97 Å². The van der Waals surface area contributed by atoms with Crippen LogP contribution < -0.4 is 11.3 Å². The molecule has 0 aromatic carbocycles. The van der Waals surface area contributed by atoms with Gasteiger partial charge in [-0.25, -0.2) is 0 Å². The van der Waals surface area contributed by atoms with E-state index in [1.807, 2.05) is 0 Å². The predicted octanol–water partition coefficient (Wildman–Crippen LogP) is 1.49. The summed E-state index contributed by atoms with van der Waals surface area (Å²) in [5.74, 6) is 0.615. The Bertz CT molecular complexity index is 482. The summed E-state index contributed by atoms with van der Waals surface area (Å²) >= 11 is 6.05. The van der Waals surface area contributed by atoms with Crippen molar-refractivity contribution in [3.63, 3.8) is 0 Å². The van der Waals surface area contributed by atoms with Crippen molar-refractivity contribution in [2.75, 3.05) is 5.75 Å². The monoisotopic (exact) mass is 324 g/mol. The van der Waals surface area contributed by atoms with Crippen molar-refractivity contribution in [2.24, 2.45) is 5.73 Å². The zero-order chi connectivity index (χ0) is 11.4. The molecule has 0 fully saturated rings. The number of nitrogens with two attached hydrogens (primary N) is 1. The quantitative estimate of drug-likeness (QED) is 0.384. The van der Waals surface area contributed by atoms with Gasteiger partial charge in [-0.1, -0.05) is 11.8 Å². The van der Waals surface area contributed by atoms with Crippen molar-refractivity contribution in [2.45, 2.75) is 13.3 Å². The van der Waals surface area contributed by atoms with Crippen LogP contribution in [0.15, 0.2) is 4.79 Å². The number of H-pyrrole nitrogens is 2. The Labute approximate surface area is 113 Å². The largest absolute Gasteiger partial charge is 0.379 e. The maximum absolute atomic E-state index is 11.5. The first kappa shape index (κ1) is 15.4. The Morgan fingerprint density at radius 1 is 1.56 bits per heavy atom. The number of rotatable bonds is 3. The number of aromatic amines is 2. The molecule has 0 aliphatic heterocycles. The molecule has 1 heterocycles. The lowest BCUT2D eigenvalue weighted by molar-refractivity contribution is 0.952. The van der Waals surface area contributed by atoms with Crippen molar-refractivity contribution in [1.29, 1.82) is 5.41 Å². The predicted molar refractivity (Wildman–Crippen MR) is 75.4 cm³/mol. The molecule has 0 saturated carbocycles. The van der Waals surface area contributed by atoms with Crippen LogP contribution in [-0.4, -0.2) is 20.9 Å². The summed E-state index contributed by atoms with van der Waals surface area (Å²) in [6.07, 6.45) is 0.567. The zero-order valence-electron chi connectivity index (χ0n) is 8.62. The molecule has 0 radical (unpaired) electrons. The SMILES string of the molecule is Br.Cc1[nH]c(=S)[nH]c(=O)c1CCSC(=N)N. The van der Waals surface area contributed by atoms with Gasteiger partial charge in [0, 0.05) is 17.0 Å². The van der Waals surface area contributed by atoms with Crippen LogP contribution >= 0.6 is 41.0 Å². The highest BCUT2D eigenvalue weighted by molar-refractivity contribution is 8.93. The van der Waals surface area contributed by atoms with Gasteiger partial charge in [0.05, 0.1) is 0 Å². The molecule has 0 aliphatic rings. The Kier molecular flexibility index (Phi) is 6.61. The third kappa shape index (κ3) is 4.50. The lowest BCUT2D eigenvalue weighted by atomic mass is 10.2. The average molecular weight is 325 g/mol. The molecular formula is C8H13BrN4OS2. The smallest absolute Gasteiger partial charge is 0.255 e. The number of thioether (sulfide) groups is 1. The number of nitrogens with one attached hydrogen (secondary N) is 3. The molecule has 0 amide bonds. The van der Waals surface area contributed by atoms with Crippen LogP contribution in [0.2, 0.25) is 0 Å². The van der Waals surface area contributed by atoms with Gasteiger partial charge in [0.15, 0.2) is 9.94 Å². The van der Waals surface area contributed by atoms with Crippen LogP contribution in [0.25, 0.3) is 0 Å². The second-order valence-corrected chi connectivity index (χ2v) is 4.52. The molecule has 8 heteroatoms. The molecule has 90 valence electrons. The van der Waals surface area contributed by atoms with Gasteiger partial charge >= 0.3 is 0 Å². The van der Waals surface area contributed by atoms with Crippen LogP contribution in [0.1, 0.15) is 11.3 Å². The first-order valence-electron chi connectivity index (χ1n) is 4.29. The van der Waals surface area contributed by atoms with E-state index in [-0.39, 0.29) is 27.7 Å². The molecule has 5 nitrogen and oxygen atoms in total. The van der Waals surface area contributed by atoms with E-state index in [0.29, 0.717) is 22.5 Å². The highest BCUT2D eigenvalue weighted by atomic mass is 79.9.